The Morgan fingerprint density at radius 2 is 2.32 bits per heavy atom. The smallest absolute Gasteiger partial charge is 0.246 e. The molecule has 1 unspecified atom stereocenters. The van der Waals surface area contributed by atoms with E-state index in [1.165, 1.54) is 18.0 Å². The van der Waals surface area contributed by atoms with E-state index in [2.05, 4.69) is 21.2 Å². The lowest BCUT2D eigenvalue weighted by molar-refractivity contribution is 0.370. The van der Waals surface area contributed by atoms with Gasteiger partial charge in [0.05, 0.1) is 6.20 Å². The molecule has 0 spiro atoms. The van der Waals surface area contributed by atoms with Gasteiger partial charge in [-0.2, -0.15) is 9.40 Å². The molecule has 2 aromatic rings. The molecule has 3 heterocycles. The van der Waals surface area contributed by atoms with E-state index in [4.69, 9.17) is 0 Å². The summed E-state index contributed by atoms with van der Waals surface area (Å²) in [6.45, 7) is 2.56. The summed E-state index contributed by atoms with van der Waals surface area (Å²) in [5, 5.41) is 6.33. The van der Waals surface area contributed by atoms with Crippen molar-refractivity contribution in [3.8, 4) is 0 Å². The zero-order chi connectivity index (χ0) is 15.6. The molecule has 1 saturated heterocycles. The summed E-state index contributed by atoms with van der Waals surface area (Å²) in [5.74, 6) is 0. The standard InChI is InChI=1S/C15H20N4O2S/c1-12-9-13(6-7-16-12)4-5-14-3-2-8-19(14)22(20,21)15-10-17-18-11-15/h6-7,9-11,14H,2-5,8H2,1H3,(H,17,18). The minimum absolute atomic E-state index is 0.0633. The van der Waals surface area contributed by atoms with Crippen molar-refractivity contribution in [3.05, 3.63) is 42.0 Å². The Hall–Kier alpha value is -1.73. The maximum Gasteiger partial charge on any atom is 0.246 e. The van der Waals surface area contributed by atoms with E-state index in [0.717, 1.165) is 31.4 Å². The zero-order valence-corrected chi connectivity index (χ0v) is 13.4. The summed E-state index contributed by atoms with van der Waals surface area (Å²) < 4.78 is 26.9. The van der Waals surface area contributed by atoms with E-state index >= 15 is 0 Å². The lowest BCUT2D eigenvalue weighted by Crippen LogP contribution is -2.35. The number of nitrogens with one attached hydrogen (secondary N) is 1. The van der Waals surface area contributed by atoms with Crippen LogP contribution in [0.2, 0.25) is 0 Å². The topological polar surface area (TPSA) is 79.0 Å². The first-order valence-electron chi connectivity index (χ1n) is 7.49. The molecule has 22 heavy (non-hydrogen) atoms. The van der Waals surface area contributed by atoms with Crippen molar-refractivity contribution in [2.24, 2.45) is 0 Å². The first-order valence-corrected chi connectivity index (χ1v) is 8.93. The highest BCUT2D eigenvalue weighted by Gasteiger charge is 2.35. The van der Waals surface area contributed by atoms with Gasteiger partial charge in [-0.15, -0.1) is 0 Å². The van der Waals surface area contributed by atoms with Crippen LogP contribution >= 0.6 is 0 Å². The summed E-state index contributed by atoms with van der Waals surface area (Å²) in [4.78, 5) is 4.44. The molecule has 118 valence electrons. The van der Waals surface area contributed by atoms with Gasteiger partial charge in [0.1, 0.15) is 4.90 Å². The molecule has 3 rings (SSSR count). The largest absolute Gasteiger partial charge is 0.284 e. The van der Waals surface area contributed by atoms with Crippen molar-refractivity contribution in [2.45, 2.75) is 43.5 Å². The van der Waals surface area contributed by atoms with Crippen molar-refractivity contribution < 1.29 is 8.42 Å². The second-order valence-corrected chi connectivity index (χ2v) is 7.58. The Morgan fingerprint density at radius 1 is 1.45 bits per heavy atom. The summed E-state index contributed by atoms with van der Waals surface area (Å²) >= 11 is 0. The number of sulfonamides is 1. The molecule has 1 atom stereocenters. The predicted octanol–water partition coefficient (Wildman–Crippen LogP) is 1.90. The first-order chi connectivity index (χ1) is 10.6. The van der Waals surface area contributed by atoms with Crippen LogP contribution in [-0.4, -0.2) is 40.5 Å². The molecule has 1 aliphatic heterocycles. The van der Waals surface area contributed by atoms with Crippen molar-refractivity contribution in [3.63, 3.8) is 0 Å². The van der Waals surface area contributed by atoms with E-state index < -0.39 is 10.0 Å². The molecule has 1 fully saturated rings. The van der Waals surface area contributed by atoms with Gasteiger partial charge in [0.15, 0.2) is 0 Å². The molecule has 0 saturated carbocycles. The summed E-state index contributed by atoms with van der Waals surface area (Å²) in [5.41, 5.74) is 2.20. The fourth-order valence-corrected chi connectivity index (χ4v) is 4.65. The monoisotopic (exact) mass is 320 g/mol. The van der Waals surface area contributed by atoms with Crippen molar-refractivity contribution in [2.75, 3.05) is 6.54 Å². The number of aromatic amines is 1. The highest BCUT2D eigenvalue weighted by atomic mass is 32.2. The number of nitrogens with zero attached hydrogens (tertiary/aromatic N) is 3. The Balaban J connectivity index is 1.71. The van der Waals surface area contributed by atoms with Gasteiger partial charge < -0.3 is 0 Å². The molecule has 6 nitrogen and oxygen atoms in total. The molecular formula is C15H20N4O2S. The van der Waals surface area contributed by atoms with Gasteiger partial charge in [-0.25, -0.2) is 8.42 Å². The summed E-state index contributed by atoms with van der Waals surface area (Å²) in [7, 11) is -3.43. The number of aryl methyl sites for hydroxylation is 2. The quantitative estimate of drug-likeness (QED) is 0.912. The van der Waals surface area contributed by atoms with Crippen molar-refractivity contribution >= 4 is 10.0 Å². The normalized spacial score (nSPS) is 19.6. The number of H-pyrrole nitrogens is 1. The first kappa shape index (κ1) is 15.2. The number of rotatable bonds is 5. The van der Waals surface area contributed by atoms with E-state index in [0.29, 0.717) is 6.54 Å². The van der Waals surface area contributed by atoms with Crippen LogP contribution in [0.4, 0.5) is 0 Å². The number of hydrogen-bond donors (Lipinski definition) is 1. The molecule has 0 aromatic carbocycles. The van der Waals surface area contributed by atoms with Crippen LogP contribution in [0.15, 0.2) is 35.6 Å². The molecule has 1 N–H and O–H groups in total. The van der Waals surface area contributed by atoms with Crippen LogP contribution in [0.3, 0.4) is 0 Å². The van der Waals surface area contributed by atoms with Gasteiger partial charge in [0.25, 0.3) is 0 Å². The molecule has 0 amide bonds. The van der Waals surface area contributed by atoms with Crippen LogP contribution in [-0.2, 0) is 16.4 Å². The van der Waals surface area contributed by atoms with E-state index in [9.17, 15) is 8.42 Å². The van der Waals surface area contributed by atoms with Gasteiger partial charge in [0.2, 0.25) is 10.0 Å². The van der Waals surface area contributed by atoms with Gasteiger partial charge in [0, 0.05) is 30.7 Å². The third kappa shape index (κ3) is 3.05. The van der Waals surface area contributed by atoms with Crippen LogP contribution in [0.1, 0.15) is 30.5 Å². The van der Waals surface area contributed by atoms with E-state index in [-0.39, 0.29) is 10.9 Å². The molecule has 0 radical (unpaired) electrons. The summed E-state index contributed by atoms with van der Waals surface area (Å²) in [6.07, 6.45) is 8.15. The average Bonchev–Trinajstić information content (AvgIpc) is 3.17. The summed E-state index contributed by atoms with van der Waals surface area (Å²) in [6, 6.07) is 4.12. The predicted molar refractivity (Wildman–Crippen MR) is 82.8 cm³/mol. The van der Waals surface area contributed by atoms with Crippen molar-refractivity contribution in [1.82, 2.24) is 19.5 Å². The fraction of sp³-hybridized carbons (Fsp3) is 0.467. The lowest BCUT2D eigenvalue weighted by Gasteiger charge is -2.23. The third-order valence-corrected chi connectivity index (χ3v) is 6.05. The maximum atomic E-state index is 12.6. The SMILES string of the molecule is Cc1cc(CCC2CCCN2S(=O)(=O)c2cn[nH]c2)ccn1. The molecule has 0 aliphatic carbocycles. The Morgan fingerprint density at radius 3 is 3.05 bits per heavy atom. The Labute approximate surface area is 130 Å². The third-order valence-electron chi connectivity index (χ3n) is 4.13. The minimum atomic E-state index is -3.43. The van der Waals surface area contributed by atoms with Crippen LogP contribution in [0.25, 0.3) is 0 Å². The maximum absolute atomic E-state index is 12.6. The van der Waals surface area contributed by atoms with Crippen molar-refractivity contribution in [1.29, 1.82) is 0 Å². The average molecular weight is 320 g/mol. The molecule has 7 heteroatoms. The molecule has 2 aromatic heterocycles. The number of hydrogen-bond acceptors (Lipinski definition) is 4. The molecular weight excluding hydrogens is 300 g/mol. The lowest BCUT2D eigenvalue weighted by atomic mass is 10.0. The van der Waals surface area contributed by atoms with Crippen LogP contribution in [0, 0.1) is 6.92 Å². The second kappa shape index (κ2) is 6.18. The number of aromatic nitrogens is 3. The Bertz CT molecular complexity index is 728. The second-order valence-electron chi connectivity index (χ2n) is 5.69. The Kier molecular flexibility index (Phi) is 4.26. The molecule has 0 bridgehead atoms. The van der Waals surface area contributed by atoms with E-state index in [1.54, 1.807) is 10.5 Å². The van der Waals surface area contributed by atoms with Gasteiger partial charge in [-0.05, 0) is 50.3 Å². The van der Waals surface area contributed by atoms with Gasteiger partial charge in [-0.1, -0.05) is 0 Å². The highest BCUT2D eigenvalue weighted by Crippen LogP contribution is 2.28. The van der Waals surface area contributed by atoms with Gasteiger partial charge >= 0.3 is 0 Å². The van der Waals surface area contributed by atoms with E-state index in [1.807, 2.05) is 13.0 Å². The van der Waals surface area contributed by atoms with Crippen LogP contribution in [0.5, 0.6) is 0 Å². The minimum Gasteiger partial charge on any atom is -0.284 e. The fourth-order valence-electron chi connectivity index (χ4n) is 3.02. The highest BCUT2D eigenvalue weighted by molar-refractivity contribution is 7.89. The zero-order valence-electron chi connectivity index (χ0n) is 12.6. The number of pyridine rings is 1. The van der Waals surface area contributed by atoms with Gasteiger partial charge in [-0.3, -0.25) is 10.1 Å². The molecule has 1 aliphatic rings. The van der Waals surface area contributed by atoms with Crippen LogP contribution < -0.4 is 0 Å².